The standard InChI is InChI=1S/C25H27ClN4O2S/c1-3-29-12-14-30(15-13-29)20-8-6-19(7-9-20)27-25(33)28-24(31)23-11-10-22(32-23)18-5-4-17(2)21(26)16-18/h4-11,16H,3,12-15H2,1-2H3,(H2,27,28,31,33). The summed E-state index contributed by atoms with van der Waals surface area (Å²) in [6, 6.07) is 17.1. The number of carbonyl (C=O) groups is 1. The van der Waals surface area contributed by atoms with Crippen LogP contribution in [-0.2, 0) is 0 Å². The molecule has 0 atom stereocenters. The van der Waals surface area contributed by atoms with E-state index in [0.717, 1.165) is 49.5 Å². The first-order valence-electron chi connectivity index (χ1n) is 11.0. The van der Waals surface area contributed by atoms with Crippen LogP contribution in [0.15, 0.2) is 59.0 Å². The SMILES string of the molecule is CCN1CCN(c2ccc(NC(=S)NC(=O)c3ccc(-c4ccc(C)c(Cl)c4)o3)cc2)CC1. The Hall–Kier alpha value is -2.87. The molecule has 0 spiro atoms. The summed E-state index contributed by atoms with van der Waals surface area (Å²) in [5.74, 6) is 0.325. The molecule has 2 N–H and O–H groups in total. The average molecular weight is 483 g/mol. The van der Waals surface area contributed by atoms with E-state index in [2.05, 4.69) is 39.5 Å². The quantitative estimate of drug-likeness (QED) is 0.489. The maximum absolute atomic E-state index is 12.6. The summed E-state index contributed by atoms with van der Waals surface area (Å²) in [5.41, 5.74) is 3.78. The number of nitrogens with one attached hydrogen (secondary N) is 2. The van der Waals surface area contributed by atoms with Gasteiger partial charge in [0.05, 0.1) is 0 Å². The van der Waals surface area contributed by atoms with Crippen LogP contribution >= 0.6 is 23.8 Å². The average Bonchev–Trinajstić information content (AvgIpc) is 3.32. The molecule has 4 rings (SSSR count). The molecule has 1 aliphatic rings. The molecular formula is C25H27ClN4O2S. The first kappa shape index (κ1) is 23.3. The van der Waals surface area contributed by atoms with Gasteiger partial charge in [-0.05, 0) is 73.7 Å². The van der Waals surface area contributed by atoms with Gasteiger partial charge in [-0.1, -0.05) is 30.7 Å². The smallest absolute Gasteiger partial charge is 0.293 e. The van der Waals surface area contributed by atoms with Crippen molar-refractivity contribution in [2.45, 2.75) is 13.8 Å². The summed E-state index contributed by atoms with van der Waals surface area (Å²) in [4.78, 5) is 17.4. The summed E-state index contributed by atoms with van der Waals surface area (Å²) >= 11 is 11.5. The van der Waals surface area contributed by atoms with E-state index in [4.69, 9.17) is 28.2 Å². The molecule has 1 amide bonds. The summed E-state index contributed by atoms with van der Waals surface area (Å²) < 4.78 is 5.71. The van der Waals surface area contributed by atoms with Gasteiger partial charge in [0, 0.05) is 48.1 Å². The molecule has 8 heteroatoms. The van der Waals surface area contributed by atoms with E-state index in [0.29, 0.717) is 10.8 Å². The Labute approximate surface area is 204 Å². The highest BCUT2D eigenvalue weighted by molar-refractivity contribution is 7.80. The number of halogens is 1. The number of rotatable bonds is 5. The molecule has 1 fully saturated rings. The molecule has 0 radical (unpaired) electrons. The Morgan fingerprint density at radius 3 is 2.45 bits per heavy atom. The van der Waals surface area contributed by atoms with Gasteiger partial charge in [-0.25, -0.2) is 0 Å². The van der Waals surface area contributed by atoms with Gasteiger partial charge >= 0.3 is 0 Å². The maximum atomic E-state index is 12.6. The summed E-state index contributed by atoms with van der Waals surface area (Å²) in [6.07, 6.45) is 0. The van der Waals surface area contributed by atoms with Crippen LogP contribution in [0.2, 0.25) is 5.02 Å². The minimum Gasteiger partial charge on any atom is -0.451 e. The van der Waals surface area contributed by atoms with Gasteiger partial charge in [0.1, 0.15) is 5.76 Å². The second-order valence-corrected chi connectivity index (χ2v) is 8.82. The van der Waals surface area contributed by atoms with Crippen molar-refractivity contribution >= 4 is 46.2 Å². The number of benzene rings is 2. The van der Waals surface area contributed by atoms with E-state index in [1.165, 1.54) is 5.69 Å². The highest BCUT2D eigenvalue weighted by Crippen LogP contribution is 2.27. The van der Waals surface area contributed by atoms with E-state index < -0.39 is 5.91 Å². The van der Waals surface area contributed by atoms with E-state index in [-0.39, 0.29) is 10.9 Å². The molecule has 6 nitrogen and oxygen atoms in total. The number of anilines is 2. The Bertz CT molecular complexity index is 1140. The van der Waals surface area contributed by atoms with Crippen LogP contribution in [-0.4, -0.2) is 48.6 Å². The van der Waals surface area contributed by atoms with Gasteiger partial charge in [-0.3, -0.25) is 10.1 Å². The van der Waals surface area contributed by atoms with Crippen molar-refractivity contribution in [3.8, 4) is 11.3 Å². The van der Waals surface area contributed by atoms with E-state index in [1.807, 2.05) is 37.3 Å². The number of hydrogen-bond acceptors (Lipinski definition) is 5. The van der Waals surface area contributed by atoms with Crippen LogP contribution in [0, 0.1) is 6.92 Å². The lowest BCUT2D eigenvalue weighted by Gasteiger charge is -2.35. The van der Waals surface area contributed by atoms with E-state index in [9.17, 15) is 4.79 Å². The van der Waals surface area contributed by atoms with Crippen LogP contribution in [0.4, 0.5) is 11.4 Å². The molecule has 1 saturated heterocycles. The topological polar surface area (TPSA) is 60.8 Å². The van der Waals surface area contributed by atoms with Crippen LogP contribution in [0.1, 0.15) is 23.0 Å². The van der Waals surface area contributed by atoms with Crippen molar-refractivity contribution in [1.82, 2.24) is 10.2 Å². The zero-order valence-electron chi connectivity index (χ0n) is 18.7. The van der Waals surface area contributed by atoms with Gasteiger partial charge in [0.15, 0.2) is 10.9 Å². The fraction of sp³-hybridized carbons (Fsp3) is 0.280. The molecule has 1 aliphatic heterocycles. The lowest BCUT2D eigenvalue weighted by atomic mass is 10.1. The van der Waals surface area contributed by atoms with Crippen LogP contribution in [0.3, 0.4) is 0 Å². The lowest BCUT2D eigenvalue weighted by molar-refractivity contribution is 0.0951. The minimum atomic E-state index is -0.414. The molecule has 0 saturated carbocycles. The molecule has 2 aromatic carbocycles. The molecule has 33 heavy (non-hydrogen) atoms. The normalized spacial score (nSPS) is 14.2. The van der Waals surface area contributed by atoms with Crippen molar-refractivity contribution in [3.05, 3.63) is 70.9 Å². The van der Waals surface area contributed by atoms with Gasteiger partial charge < -0.3 is 19.5 Å². The third kappa shape index (κ3) is 5.74. The van der Waals surface area contributed by atoms with Crippen molar-refractivity contribution in [1.29, 1.82) is 0 Å². The van der Waals surface area contributed by atoms with Gasteiger partial charge in [-0.2, -0.15) is 0 Å². The van der Waals surface area contributed by atoms with E-state index in [1.54, 1.807) is 12.1 Å². The highest BCUT2D eigenvalue weighted by atomic mass is 35.5. The van der Waals surface area contributed by atoms with Gasteiger partial charge in [0.2, 0.25) is 0 Å². The highest BCUT2D eigenvalue weighted by Gasteiger charge is 2.17. The first-order chi connectivity index (χ1) is 15.9. The predicted octanol–water partition coefficient (Wildman–Crippen LogP) is 5.18. The second kappa shape index (κ2) is 10.4. The second-order valence-electron chi connectivity index (χ2n) is 8.00. The number of likely N-dealkylation sites (N-methyl/N-ethyl adjacent to an activating group) is 1. The van der Waals surface area contributed by atoms with Crippen LogP contribution in [0.5, 0.6) is 0 Å². The molecule has 0 aliphatic carbocycles. The number of nitrogens with zero attached hydrogens (tertiary/aromatic N) is 2. The Balaban J connectivity index is 1.32. The lowest BCUT2D eigenvalue weighted by Crippen LogP contribution is -2.46. The number of piperazine rings is 1. The predicted molar refractivity (Wildman–Crippen MR) is 138 cm³/mol. The fourth-order valence-corrected chi connectivity index (χ4v) is 4.16. The molecule has 0 bridgehead atoms. The zero-order chi connectivity index (χ0) is 23.4. The van der Waals surface area contributed by atoms with Crippen LogP contribution < -0.4 is 15.5 Å². The fourth-order valence-electron chi connectivity index (χ4n) is 3.77. The molecule has 1 aromatic heterocycles. The van der Waals surface area contributed by atoms with Crippen molar-refractivity contribution < 1.29 is 9.21 Å². The van der Waals surface area contributed by atoms with Crippen LogP contribution in [0.25, 0.3) is 11.3 Å². The van der Waals surface area contributed by atoms with Crippen molar-refractivity contribution in [3.63, 3.8) is 0 Å². The zero-order valence-corrected chi connectivity index (χ0v) is 20.3. The number of amides is 1. The first-order valence-corrected chi connectivity index (χ1v) is 11.8. The van der Waals surface area contributed by atoms with Crippen molar-refractivity contribution in [2.75, 3.05) is 42.9 Å². The Morgan fingerprint density at radius 1 is 1.06 bits per heavy atom. The molecule has 3 aromatic rings. The molecular weight excluding hydrogens is 456 g/mol. The largest absolute Gasteiger partial charge is 0.451 e. The van der Waals surface area contributed by atoms with Gasteiger partial charge in [0.25, 0.3) is 5.91 Å². The summed E-state index contributed by atoms with van der Waals surface area (Å²) in [7, 11) is 0. The van der Waals surface area contributed by atoms with Gasteiger partial charge in [-0.15, -0.1) is 0 Å². The third-order valence-electron chi connectivity index (χ3n) is 5.82. The molecule has 2 heterocycles. The van der Waals surface area contributed by atoms with E-state index >= 15 is 0 Å². The van der Waals surface area contributed by atoms with Crippen molar-refractivity contribution in [2.24, 2.45) is 0 Å². The number of thiocarbonyl (C=S) groups is 1. The number of carbonyl (C=O) groups excluding carboxylic acids is 1. The summed E-state index contributed by atoms with van der Waals surface area (Å²) in [5, 5.41) is 6.58. The number of aryl methyl sites for hydroxylation is 1. The Morgan fingerprint density at radius 2 is 1.79 bits per heavy atom. The Kier molecular flexibility index (Phi) is 7.33. The maximum Gasteiger partial charge on any atom is 0.293 e. The molecule has 172 valence electrons. The third-order valence-corrected chi connectivity index (χ3v) is 6.43. The minimum absolute atomic E-state index is 0.174. The monoisotopic (exact) mass is 482 g/mol. The molecule has 0 unspecified atom stereocenters. The number of furan rings is 1. The summed E-state index contributed by atoms with van der Waals surface area (Å²) in [6.45, 7) is 9.43. The number of hydrogen-bond donors (Lipinski definition) is 2.